The lowest BCUT2D eigenvalue weighted by molar-refractivity contribution is -0.126. The molecule has 3 nitrogen and oxygen atoms in total. The van der Waals surface area contributed by atoms with Crippen LogP contribution >= 0.6 is 0 Å². The minimum absolute atomic E-state index is 0.203. The molecule has 1 amide bonds. The summed E-state index contributed by atoms with van der Waals surface area (Å²) in [6, 6.07) is 11.1. The van der Waals surface area contributed by atoms with Crippen molar-refractivity contribution in [2.24, 2.45) is 16.6 Å². The van der Waals surface area contributed by atoms with Gasteiger partial charge >= 0.3 is 0 Å². The van der Waals surface area contributed by atoms with Crippen LogP contribution < -0.4 is 11.1 Å². The Hall–Kier alpha value is -1.35. The second kappa shape index (κ2) is 5.21. The Labute approximate surface area is 121 Å². The lowest BCUT2D eigenvalue weighted by Gasteiger charge is -2.53. The molecule has 1 aromatic carbocycles. The van der Waals surface area contributed by atoms with Crippen molar-refractivity contribution in [1.82, 2.24) is 5.32 Å². The Morgan fingerprint density at radius 2 is 1.95 bits per heavy atom. The molecule has 1 saturated carbocycles. The number of hydrogen-bond donors (Lipinski definition) is 2. The number of amides is 1. The number of primary amides is 1. The molecule has 3 N–H and O–H groups in total. The van der Waals surface area contributed by atoms with Gasteiger partial charge in [0.1, 0.15) is 0 Å². The first kappa shape index (κ1) is 15.0. The van der Waals surface area contributed by atoms with Gasteiger partial charge in [0.15, 0.2) is 0 Å². The van der Waals surface area contributed by atoms with Crippen LogP contribution in [0.4, 0.5) is 0 Å². The number of nitrogens with two attached hydrogens (primary N) is 1. The molecule has 0 unspecified atom stereocenters. The van der Waals surface area contributed by atoms with Gasteiger partial charge in [-0.25, -0.2) is 0 Å². The summed E-state index contributed by atoms with van der Waals surface area (Å²) < 4.78 is 0. The number of hydrogen-bond acceptors (Lipinski definition) is 2. The molecule has 2 rings (SSSR count). The first-order valence-electron chi connectivity index (χ1n) is 7.33. The Morgan fingerprint density at radius 3 is 2.45 bits per heavy atom. The average molecular weight is 274 g/mol. The van der Waals surface area contributed by atoms with Gasteiger partial charge in [-0.2, -0.15) is 0 Å². The molecular formula is C17H26N2O. The number of nitrogens with one attached hydrogen (secondary N) is 1. The monoisotopic (exact) mass is 274 g/mol. The Bertz CT molecular complexity index is 479. The fourth-order valence-electron chi connectivity index (χ4n) is 2.99. The van der Waals surface area contributed by atoms with E-state index < -0.39 is 5.41 Å². The van der Waals surface area contributed by atoms with E-state index in [0.717, 1.165) is 6.42 Å². The van der Waals surface area contributed by atoms with Crippen molar-refractivity contribution >= 4 is 5.91 Å². The molecule has 20 heavy (non-hydrogen) atoms. The number of carbonyl (C=O) groups is 1. The molecule has 0 heterocycles. The summed E-state index contributed by atoms with van der Waals surface area (Å²) in [5.41, 5.74) is 6.54. The summed E-state index contributed by atoms with van der Waals surface area (Å²) in [5.74, 6) is 0.333. The van der Waals surface area contributed by atoms with Crippen LogP contribution in [0.3, 0.4) is 0 Å². The van der Waals surface area contributed by atoms with E-state index in [1.807, 2.05) is 13.8 Å². The fourth-order valence-corrected chi connectivity index (χ4v) is 2.99. The summed E-state index contributed by atoms with van der Waals surface area (Å²) in [6.07, 6.45) is 1.12. The Morgan fingerprint density at radius 1 is 1.35 bits per heavy atom. The largest absolute Gasteiger partial charge is 0.369 e. The lowest BCUT2D eigenvalue weighted by atomic mass is 9.56. The standard InChI is InChI=1S/C17H26N2O/c1-16(2,15(18)20)11-19-14-10-13(17(14,3)4)12-8-6-5-7-9-12/h5-9,13-14,19H,10-11H2,1-4H3,(H2,18,20)/t13-,14-/m0/s1. The maximum Gasteiger partial charge on any atom is 0.224 e. The molecule has 110 valence electrons. The molecule has 0 radical (unpaired) electrons. The van der Waals surface area contributed by atoms with Crippen molar-refractivity contribution < 1.29 is 4.79 Å². The summed E-state index contributed by atoms with van der Waals surface area (Å²) in [7, 11) is 0. The molecule has 1 aliphatic rings. The molecule has 0 saturated heterocycles. The lowest BCUT2D eigenvalue weighted by Crippen LogP contribution is -2.57. The van der Waals surface area contributed by atoms with Gasteiger partial charge in [-0.15, -0.1) is 0 Å². The highest BCUT2D eigenvalue weighted by atomic mass is 16.1. The minimum atomic E-state index is -0.492. The Balaban J connectivity index is 1.97. The summed E-state index contributed by atoms with van der Waals surface area (Å²) >= 11 is 0. The van der Waals surface area contributed by atoms with Gasteiger partial charge in [0, 0.05) is 12.6 Å². The van der Waals surface area contributed by atoms with Crippen molar-refractivity contribution in [3.8, 4) is 0 Å². The molecular weight excluding hydrogens is 248 g/mol. The van der Waals surface area contributed by atoms with E-state index in [1.165, 1.54) is 5.56 Å². The van der Waals surface area contributed by atoms with Gasteiger partial charge < -0.3 is 11.1 Å². The summed E-state index contributed by atoms with van der Waals surface area (Å²) in [6.45, 7) is 9.01. The predicted octanol–water partition coefficient (Wildman–Crippen LogP) is 2.67. The van der Waals surface area contributed by atoms with Gasteiger partial charge in [-0.3, -0.25) is 4.79 Å². The van der Waals surface area contributed by atoms with Crippen molar-refractivity contribution in [3.05, 3.63) is 35.9 Å². The number of benzene rings is 1. The van der Waals surface area contributed by atoms with Crippen LogP contribution in [-0.4, -0.2) is 18.5 Å². The third kappa shape index (κ3) is 2.73. The molecule has 3 heteroatoms. The van der Waals surface area contributed by atoms with Crippen molar-refractivity contribution in [2.75, 3.05) is 6.54 Å². The zero-order valence-electron chi connectivity index (χ0n) is 12.9. The topological polar surface area (TPSA) is 55.1 Å². The van der Waals surface area contributed by atoms with E-state index in [-0.39, 0.29) is 11.3 Å². The van der Waals surface area contributed by atoms with E-state index in [1.54, 1.807) is 0 Å². The van der Waals surface area contributed by atoms with Gasteiger partial charge in [0.25, 0.3) is 0 Å². The van der Waals surface area contributed by atoms with Gasteiger partial charge in [-0.05, 0) is 37.2 Å². The second-order valence-electron chi connectivity index (χ2n) is 7.20. The highest BCUT2D eigenvalue weighted by Crippen LogP contribution is 2.52. The number of rotatable bonds is 5. The first-order chi connectivity index (χ1) is 9.25. The van der Waals surface area contributed by atoms with Crippen molar-refractivity contribution in [2.45, 2.75) is 46.1 Å². The van der Waals surface area contributed by atoms with E-state index in [4.69, 9.17) is 5.73 Å². The van der Waals surface area contributed by atoms with Crippen LogP contribution in [-0.2, 0) is 4.79 Å². The van der Waals surface area contributed by atoms with Gasteiger partial charge in [-0.1, -0.05) is 44.2 Å². The quantitative estimate of drug-likeness (QED) is 0.867. The van der Waals surface area contributed by atoms with Crippen LogP contribution in [0, 0.1) is 10.8 Å². The van der Waals surface area contributed by atoms with E-state index >= 15 is 0 Å². The third-order valence-electron chi connectivity index (χ3n) is 4.93. The van der Waals surface area contributed by atoms with Crippen molar-refractivity contribution in [1.29, 1.82) is 0 Å². The first-order valence-corrected chi connectivity index (χ1v) is 7.33. The normalized spacial score (nSPS) is 25.0. The predicted molar refractivity (Wildman–Crippen MR) is 82.3 cm³/mol. The molecule has 1 aromatic rings. The highest BCUT2D eigenvalue weighted by molar-refractivity contribution is 5.80. The van der Waals surface area contributed by atoms with E-state index in [0.29, 0.717) is 18.5 Å². The second-order valence-corrected chi connectivity index (χ2v) is 7.20. The SMILES string of the molecule is CC(C)(CN[C@H]1C[C@@H](c2ccccc2)C1(C)C)C(N)=O. The Kier molecular flexibility index (Phi) is 3.92. The molecule has 0 aliphatic heterocycles. The van der Waals surface area contributed by atoms with Gasteiger partial charge in [0.05, 0.1) is 5.41 Å². The van der Waals surface area contributed by atoms with Crippen LogP contribution in [0.1, 0.15) is 45.6 Å². The zero-order valence-corrected chi connectivity index (χ0v) is 12.9. The minimum Gasteiger partial charge on any atom is -0.369 e. The molecule has 2 atom stereocenters. The van der Waals surface area contributed by atoms with Crippen LogP contribution in [0.25, 0.3) is 0 Å². The molecule has 0 aromatic heterocycles. The zero-order chi connectivity index (χ0) is 15.0. The maximum absolute atomic E-state index is 11.4. The molecule has 1 aliphatic carbocycles. The van der Waals surface area contributed by atoms with Crippen LogP contribution in [0.15, 0.2) is 30.3 Å². The molecule has 0 bridgehead atoms. The summed E-state index contributed by atoms with van der Waals surface area (Å²) in [5, 5.41) is 3.53. The highest BCUT2D eigenvalue weighted by Gasteiger charge is 2.48. The van der Waals surface area contributed by atoms with E-state index in [2.05, 4.69) is 49.5 Å². The summed E-state index contributed by atoms with van der Waals surface area (Å²) in [4.78, 5) is 11.4. The van der Waals surface area contributed by atoms with E-state index in [9.17, 15) is 4.79 Å². The molecule has 0 spiro atoms. The molecule has 1 fully saturated rings. The number of carbonyl (C=O) groups excluding carboxylic acids is 1. The van der Waals surface area contributed by atoms with Crippen LogP contribution in [0.5, 0.6) is 0 Å². The smallest absolute Gasteiger partial charge is 0.224 e. The van der Waals surface area contributed by atoms with Crippen molar-refractivity contribution in [3.63, 3.8) is 0 Å². The van der Waals surface area contributed by atoms with Crippen LogP contribution in [0.2, 0.25) is 0 Å². The fraction of sp³-hybridized carbons (Fsp3) is 0.588. The maximum atomic E-state index is 11.4. The van der Waals surface area contributed by atoms with Gasteiger partial charge in [0.2, 0.25) is 5.91 Å². The average Bonchev–Trinajstić information content (AvgIpc) is 2.38. The third-order valence-corrected chi connectivity index (χ3v) is 4.93.